The molecule has 0 fully saturated rings. The minimum absolute atomic E-state index is 0.295. The van der Waals surface area contributed by atoms with Gasteiger partial charge in [0, 0.05) is 13.7 Å². The van der Waals surface area contributed by atoms with E-state index in [-0.39, 0.29) is 0 Å². The Morgan fingerprint density at radius 3 is 2.92 bits per heavy atom. The van der Waals surface area contributed by atoms with E-state index in [0.29, 0.717) is 6.04 Å². The predicted octanol–water partition coefficient (Wildman–Crippen LogP) is 1.67. The fraction of sp³-hybridized carbons (Fsp3) is 0.625. The van der Waals surface area contributed by atoms with Crippen molar-refractivity contribution in [1.82, 2.24) is 9.78 Å². The van der Waals surface area contributed by atoms with Crippen LogP contribution in [0.4, 0.5) is 5.82 Å². The van der Waals surface area contributed by atoms with Crippen LogP contribution in [0, 0.1) is 3.57 Å². The van der Waals surface area contributed by atoms with Gasteiger partial charge >= 0.3 is 0 Å². The molecule has 0 aliphatic rings. The second kappa shape index (κ2) is 4.80. The van der Waals surface area contributed by atoms with Gasteiger partial charge in [0.15, 0.2) is 0 Å². The lowest BCUT2D eigenvalue weighted by atomic mass is 10.2. The molecule has 0 bridgehead atoms. The van der Waals surface area contributed by atoms with Crippen LogP contribution in [0.2, 0.25) is 0 Å². The number of methoxy groups -OCH3 is 1. The highest BCUT2D eigenvalue weighted by Gasteiger charge is 2.10. The van der Waals surface area contributed by atoms with Crippen molar-refractivity contribution in [2.45, 2.75) is 19.4 Å². The number of aromatic nitrogens is 2. The fourth-order valence-corrected chi connectivity index (χ4v) is 1.48. The Kier molecular flexibility index (Phi) is 3.98. The van der Waals surface area contributed by atoms with E-state index in [9.17, 15) is 0 Å². The van der Waals surface area contributed by atoms with E-state index in [1.54, 1.807) is 13.3 Å². The Morgan fingerprint density at radius 1 is 1.77 bits per heavy atom. The zero-order valence-corrected chi connectivity index (χ0v) is 9.98. The van der Waals surface area contributed by atoms with Gasteiger partial charge in [-0.2, -0.15) is 5.10 Å². The van der Waals surface area contributed by atoms with Gasteiger partial charge in [-0.05, 0) is 35.9 Å². The minimum atomic E-state index is 0.295. The molecule has 0 radical (unpaired) electrons. The fourth-order valence-electron chi connectivity index (χ4n) is 1.11. The Morgan fingerprint density at radius 2 is 2.46 bits per heavy atom. The summed E-state index contributed by atoms with van der Waals surface area (Å²) in [6.45, 7) is 2.81. The number of nitrogens with zero attached hydrogens (tertiary/aromatic N) is 2. The smallest absolute Gasteiger partial charge is 0.135 e. The maximum atomic E-state index is 5.83. The first-order valence-electron chi connectivity index (χ1n) is 4.14. The first-order valence-corrected chi connectivity index (χ1v) is 5.22. The largest absolute Gasteiger partial charge is 0.385 e. The van der Waals surface area contributed by atoms with Crippen LogP contribution < -0.4 is 5.73 Å². The highest BCUT2D eigenvalue weighted by molar-refractivity contribution is 14.1. The number of nitrogens with two attached hydrogens (primary N) is 1. The topological polar surface area (TPSA) is 53.1 Å². The summed E-state index contributed by atoms with van der Waals surface area (Å²) in [7, 11) is 1.70. The normalized spacial score (nSPS) is 13.2. The number of hydrogen-bond donors (Lipinski definition) is 1. The summed E-state index contributed by atoms with van der Waals surface area (Å²) in [6.07, 6.45) is 2.71. The van der Waals surface area contributed by atoms with Crippen LogP contribution in [-0.4, -0.2) is 23.5 Å². The molecule has 0 aliphatic carbocycles. The summed E-state index contributed by atoms with van der Waals surface area (Å²) in [6, 6.07) is 0.295. The number of ether oxygens (including phenoxy) is 1. The highest BCUT2D eigenvalue weighted by Crippen LogP contribution is 2.19. The monoisotopic (exact) mass is 295 g/mol. The molecule has 1 atom stereocenters. The van der Waals surface area contributed by atoms with Crippen LogP contribution in [0.25, 0.3) is 0 Å². The molecule has 4 nitrogen and oxygen atoms in total. The molecule has 5 heteroatoms. The Labute approximate surface area is 91.6 Å². The second-order valence-electron chi connectivity index (χ2n) is 2.95. The lowest BCUT2D eigenvalue weighted by Crippen LogP contribution is -2.12. The molecule has 1 aromatic heterocycles. The van der Waals surface area contributed by atoms with Gasteiger partial charge in [0.1, 0.15) is 5.82 Å². The number of halogens is 1. The van der Waals surface area contributed by atoms with Gasteiger partial charge in [0.2, 0.25) is 0 Å². The molecule has 0 aromatic carbocycles. The van der Waals surface area contributed by atoms with Crippen LogP contribution in [0.15, 0.2) is 6.20 Å². The Hall–Kier alpha value is -0.300. The van der Waals surface area contributed by atoms with Crippen LogP contribution in [-0.2, 0) is 4.74 Å². The predicted molar refractivity (Wildman–Crippen MR) is 60.6 cm³/mol. The molecule has 0 saturated heterocycles. The molecular weight excluding hydrogens is 281 g/mol. The van der Waals surface area contributed by atoms with Crippen molar-refractivity contribution in [3.63, 3.8) is 0 Å². The zero-order valence-electron chi connectivity index (χ0n) is 7.83. The third-order valence-corrected chi connectivity index (χ3v) is 2.78. The average Bonchev–Trinajstić information content (AvgIpc) is 2.44. The molecule has 0 saturated carbocycles. The van der Waals surface area contributed by atoms with Crippen LogP contribution in [0.1, 0.15) is 19.4 Å². The molecule has 0 aliphatic heterocycles. The second-order valence-corrected chi connectivity index (χ2v) is 4.12. The van der Waals surface area contributed by atoms with Gasteiger partial charge in [0.25, 0.3) is 0 Å². The van der Waals surface area contributed by atoms with Crippen LogP contribution in [0.5, 0.6) is 0 Å². The van der Waals surface area contributed by atoms with Gasteiger partial charge in [-0.15, -0.1) is 0 Å². The van der Waals surface area contributed by atoms with Crippen molar-refractivity contribution >= 4 is 28.4 Å². The van der Waals surface area contributed by atoms with Crippen molar-refractivity contribution in [2.75, 3.05) is 19.5 Å². The maximum Gasteiger partial charge on any atom is 0.135 e. The van der Waals surface area contributed by atoms with E-state index in [0.717, 1.165) is 22.4 Å². The molecule has 0 spiro atoms. The standard InChI is InChI=1S/C8H14IN3O/c1-6(3-4-13-2)12-8(10)7(9)5-11-12/h5-6H,3-4,10H2,1-2H3. The Bertz CT molecular complexity index is 274. The summed E-state index contributed by atoms with van der Waals surface area (Å²) in [5.74, 6) is 0.740. The maximum absolute atomic E-state index is 5.83. The van der Waals surface area contributed by atoms with E-state index in [1.807, 2.05) is 4.68 Å². The third-order valence-electron chi connectivity index (χ3n) is 1.94. The summed E-state index contributed by atoms with van der Waals surface area (Å²) >= 11 is 2.18. The van der Waals surface area contributed by atoms with Crippen molar-refractivity contribution in [1.29, 1.82) is 0 Å². The first kappa shape index (κ1) is 10.8. The van der Waals surface area contributed by atoms with E-state index in [4.69, 9.17) is 10.5 Å². The van der Waals surface area contributed by atoms with Crippen molar-refractivity contribution < 1.29 is 4.74 Å². The number of hydrogen-bond acceptors (Lipinski definition) is 3. The first-order chi connectivity index (χ1) is 6.16. The van der Waals surface area contributed by atoms with Gasteiger partial charge in [0.05, 0.1) is 15.8 Å². The number of rotatable bonds is 4. The van der Waals surface area contributed by atoms with Crippen molar-refractivity contribution in [3.8, 4) is 0 Å². The molecule has 1 unspecified atom stereocenters. The Balaban J connectivity index is 2.65. The van der Waals surface area contributed by atoms with Crippen LogP contribution >= 0.6 is 22.6 Å². The quantitative estimate of drug-likeness (QED) is 0.860. The molecule has 1 aromatic rings. The van der Waals surface area contributed by atoms with Crippen molar-refractivity contribution in [3.05, 3.63) is 9.77 Å². The molecule has 0 amide bonds. The molecule has 2 N–H and O–H groups in total. The van der Waals surface area contributed by atoms with E-state index in [2.05, 4.69) is 34.6 Å². The van der Waals surface area contributed by atoms with Gasteiger partial charge in [-0.1, -0.05) is 0 Å². The van der Waals surface area contributed by atoms with Crippen molar-refractivity contribution in [2.24, 2.45) is 0 Å². The minimum Gasteiger partial charge on any atom is -0.385 e. The average molecular weight is 295 g/mol. The number of nitrogen functional groups attached to an aromatic ring is 1. The van der Waals surface area contributed by atoms with Crippen LogP contribution in [0.3, 0.4) is 0 Å². The van der Waals surface area contributed by atoms with E-state index in [1.165, 1.54) is 0 Å². The molecule has 13 heavy (non-hydrogen) atoms. The number of anilines is 1. The molecule has 1 rings (SSSR count). The molecule has 74 valence electrons. The third kappa shape index (κ3) is 2.57. The molecular formula is C8H14IN3O. The van der Waals surface area contributed by atoms with E-state index < -0.39 is 0 Å². The SMILES string of the molecule is COCCC(C)n1ncc(I)c1N. The zero-order chi connectivity index (χ0) is 9.84. The summed E-state index contributed by atoms with van der Waals surface area (Å²) in [5, 5.41) is 4.20. The van der Waals surface area contributed by atoms with Gasteiger partial charge in [-0.25, -0.2) is 4.68 Å². The highest BCUT2D eigenvalue weighted by atomic mass is 127. The summed E-state index contributed by atoms with van der Waals surface area (Å²) in [5.41, 5.74) is 5.83. The van der Waals surface area contributed by atoms with E-state index >= 15 is 0 Å². The summed E-state index contributed by atoms with van der Waals surface area (Å²) in [4.78, 5) is 0. The van der Waals surface area contributed by atoms with Gasteiger partial charge < -0.3 is 10.5 Å². The molecule has 1 heterocycles. The lowest BCUT2D eigenvalue weighted by molar-refractivity contribution is 0.179. The lowest BCUT2D eigenvalue weighted by Gasteiger charge is -2.12. The van der Waals surface area contributed by atoms with Gasteiger partial charge in [-0.3, -0.25) is 0 Å². The summed E-state index contributed by atoms with van der Waals surface area (Å²) < 4.78 is 7.83.